The lowest BCUT2D eigenvalue weighted by molar-refractivity contribution is -0.139. The minimum absolute atomic E-state index is 0.0310. The highest BCUT2D eigenvalue weighted by atomic mass is 16.4. The molecule has 2 amide bonds. The molecule has 1 unspecified atom stereocenters. The van der Waals surface area contributed by atoms with Crippen LogP contribution in [-0.4, -0.2) is 83.9 Å². The molecule has 0 aromatic heterocycles. The van der Waals surface area contributed by atoms with Gasteiger partial charge in [-0.1, -0.05) is 0 Å². The molecule has 0 bridgehead atoms. The summed E-state index contributed by atoms with van der Waals surface area (Å²) in [5.74, 6) is -0.918. The van der Waals surface area contributed by atoms with Crippen LogP contribution in [0.4, 0.5) is 0 Å². The smallest absolute Gasteiger partial charge is 0.304 e. The van der Waals surface area contributed by atoms with E-state index in [0.29, 0.717) is 45.7 Å². The number of carbonyl (C=O) groups excluding carboxylic acids is 2. The van der Waals surface area contributed by atoms with Gasteiger partial charge in [0.1, 0.15) is 0 Å². The molecule has 2 fully saturated rings. The maximum absolute atomic E-state index is 12.3. The van der Waals surface area contributed by atoms with Gasteiger partial charge in [0.2, 0.25) is 11.8 Å². The minimum atomic E-state index is -0.795. The summed E-state index contributed by atoms with van der Waals surface area (Å²) >= 11 is 0. The van der Waals surface area contributed by atoms with E-state index in [9.17, 15) is 14.4 Å². The Morgan fingerprint density at radius 1 is 1.25 bits per heavy atom. The fraction of sp³-hybridized carbons (Fsp3) is 0.769. The Kier molecular flexibility index (Phi) is 4.59. The molecule has 2 saturated heterocycles. The Hall–Kier alpha value is -1.63. The molecule has 2 aliphatic rings. The van der Waals surface area contributed by atoms with Gasteiger partial charge in [-0.3, -0.25) is 19.3 Å². The van der Waals surface area contributed by atoms with Crippen molar-refractivity contribution in [3.05, 3.63) is 0 Å². The van der Waals surface area contributed by atoms with Crippen molar-refractivity contribution in [2.45, 2.75) is 12.8 Å². The van der Waals surface area contributed by atoms with Crippen LogP contribution in [0.25, 0.3) is 0 Å². The third kappa shape index (κ3) is 3.47. The number of aliphatic carboxylic acids is 1. The summed E-state index contributed by atoms with van der Waals surface area (Å²) in [6, 6.07) is 0. The van der Waals surface area contributed by atoms with Crippen molar-refractivity contribution in [2.24, 2.45) is 5.92 Å². The van der Waals surface area contributed by atoms with E-state index < -0.39 is 5.97 Å². The van der Waals surface area contributed by atoms with Gasteiger partial charge in [0.25, 0.3) is 0 Å². The van der Waals surface area contributed by atoms with Crippen molar-refractivity contribution in [2.75, 3.05) is 46.3 Å². The van der Waals surface area contributed by atoms with E-state index in [1.807, 2.05) is 0 Å². The van der Waals surface area contributed by atoms with Crippen molar-refractivity contribution in [3.63, 3.8) is 0 Å². The van der Waals surface area contributed by atoms with Gasteiger partial charge in [-0.15, -0.1) is 0 Å². The highest BCUT2D eigenvalue weighted by Gasteiger charge is 2.35. The molecule has 2 rings (SSSR count). The SMILES string of the molecule is CN1CC(C(=O)N2CCN(CCC(=O)O)CC2)CC1=O. The molecule has 7 heteroatoms. The molecular weight excluding hydrogens is 262 g/mol. The molecule has 1 N–H and O–H groups in total. The second-order valence-electron chi connectivity index (χ2n) is 5.49. The molecule has 0 spiro atoms. The van der Waals surface area contributed by atoms with Gasteiger partial charge in [0, 0.05) is 52.7 Å². The first-order valence-electron chi connectivity index (χ1n) is 6.94. The summed E-state index contributed by atoms with van der Waals surface area (Å²) in [5, 5.41) is 8.65. The Morgan fingerprint density at radius 3 is 2.40 bits per heavy atom. The second kappa shape index (κ2) is 6.21. The van der Waals surface area contributed by atoms with Crippen LogP contribution in [-0.2, 0) is 14.4 Å². The first-order valence-corrected chi connectivity index (χ1v) is 6.94. The zero-order chi connectivity index (χ0) is 14.7. The highest BCUT2D eigenvalue weighted by Crippen LogP contribution is 2.19. The fourth-order valence-corrected chi connectivity index (χ4v) is 2.73. The monoisotopic (exact) mass is 283 g/mol. The van der Waals surface area contributed by atoms with E-state index >= 15 is 0 Å². The molecule has 0 aromatic rings. The normalized spacial score (nSPS) is 24.2. The summed E-state index contributed by atoms with van der Waals surface area (Å²) < 4.78 is 0. The third-order valence-corrected chi connectivity index (χ3v) is 4.02. The second-order valence-corrected chi connectivity index (χ2v) is 5.49. The van der Waals surface area contributed by atoms with Crippen LogP contribution in [0.1, 0.15) is 12.8 Å². The van der Waals surface area contributed by atoms with Gasteiger partial charge in [-0.25, -0.2) is 0 Å². The zero-order valence-electron chi connectivity index (χ0n) is 11.7. The number of carboxylic acid groups (broad SMARTS) is 1. The average molecular weight is 283 g/mol. The highest BCUT2D eigenvalue weighted by molar-refractivity contribution is 5.89. The van der Waals surface area contributed by atoms with Gasteiger partial charge < -0.3 is 14.9 Å². The predicted octanol–water partition coefficient (Wildman–Crippen LogP) is -0.916. The molecule has 20 heavy (non-hydrogen) atoms. The molecule has 0 saturated carbocycles. The third-order valence-electron chi connectivity index (χ3n) is 4.02. The van der Waals surface area contributed by atoms with Crippen molar-refractivity contribution in [1.82, 2.24) is 14.7 Å². The number of carbonyl (C=O) groups is 3. The molecule has 0 radical (unpaired) electrons. The van der Waals surface area contributed by atoms with E-state index in [2.05, 4.69) is 4.90 Å². The Bertz CT molecular complexity index is 404. The van der Waals surface area contributed by atoms with Gasteiger partial charge in [-0.2, -0.15) is 0 Å². The largest absolute Gasteiger partial charge is 0.481 e. The molecular formula is C13H21N3O4. The summed E-state index contributed by atoms with van der Waals surface area (Å²) in [6.07, 6.45) is 0.449. The molecule has 2 aliphatic heterocycles. The number of carboxylic acids is 1. The van der Waals surface area contributed by atoms with Crippen LogP contribution in [0.5, 0.6) is 0 Å². The standard InChI is InChI=1S/C13H21N3O4/c1-14-9-10(8-11(14)17)13(20)16-6-4-15(5-7-16)3-2-12(18)19/h10H,2-9H2,1H3,(H,18,19). The van der Waals surface area contributed by atoms with E-state index in [0.717, 1.165) is 0 Å². The maximum Gasteiger partial charge on any atom is 0.304 e. The molecule has 0 aromatic carbocycles. The topological polar surface area (TPSA) is 81.2 Å². The Labute approximate surface area is 118 Å². The lowest BCUT2D eigenvalue weighted by atomic mass is 10.1. The number of amides is 2. The van der Waals surface area contributed by atoms with Crippen molar-refractivity contribution < 1.29 is 19.5 Å². The summed E-state index contributed by atoms with van der Waals surface area (Å²) in [4.78, 5) is 39.7. The van der Waals surface area contributed by atoms with Crippen molar-refractivity contribution >= 4 is 17.8 Å². The molecule has 2 heterocycles. The lowest BCUT2D eigenvalue weighted by Crippen LogP contribution is -2.50. The number of hydrogen-bond donors (Lipinski definition) is 1. The van der Waals surface area contributed by atoms with E-state index in [1.165, 1.54) is 0 Å². The summed E-state index contributed by atoms with van der Waals surface area (Å²) in [7, 11) is 1.72. The molecule has 0 aliphatic carbocycles. The van der Waals surface area contributed by atoms with Crippen LogP contribution >= 0.6 is 0 Å². The zero-order valence-corrected chi connectivity index (χ0v) is 11.7. The van der Waals surface area contributed by atoms with Crippen LogP contribution < -0.4 is 0 Å². The number of hydrogen-bond acceptors (Lipinski definition) is 4. The van der Waals surface area contributed by atoms with Crippen LogP contribution in [0.3, 0.4) is 0 Å². The fourth-order valence-electron chi connectivity index (χ4n) is 2.73. The number of nitrogens with zero attached hydrogens (tertiary/aromatic N) is 3. The average Bonchev–Trinajstić information content (AvgIpc) is 2.76. The van der Waals surface area contributed by atoms with Crippen molar-refractivity contribution in [3.8, 4) is 0 Å². The Balaban J connectivity index is 1.77. The van der Waals surface area contributed by atoms with Crippen LogP contribution in [0.15, 0.2) is 0 Å². The Morgan fingerprint density at radius 2 is 1.90 bits per heavy atom. The van der Waals surface area contributed by atoms with E-state index in [1.54, 1.807) is 16.8 Å². The lowest BCUT2D eigenvalue weighted by Gasteiger charge is -2.35. The number of likely N-dealkylation sites (tertiary alicyclic amines) is 1. The van der Waals surface area contributed by atoms with Crippen molar-refractivity contribution in [1.29, 1.82) is 0 Å². The van der Waals surface area contributed by atoms with Gasteiger partial charge >= 0.3 is 5.97 Å². The number of rotatable bonds is 4. The van der Waals surface area contributed by atoms with Crippen LogP contribution in [0, 0.1) is 5.92 Å². The summed E-state index contributed by atoms with van der Waals surface area (Å²) in [6.45, 7) is 3.68. The van der Waals surface area contributed by atoms with E-state index in [-0.39, 0.29) is 24.2 Å². The molecule has 112 valence electrons. The predicted molar refractivity (Wildman–Crippen MR) is 71.0 cm³/mol. The summed E-state index contributed by atoms with van der Waals surface area (Å²) in [5.41, 5.74) is 0. The number of piperazine rings is 1. The van der Waals surface area contributed by atoms with Gasteiger partial charge in [-0.05, 0) is 0 Å². The molecule has 1 atom stereocenters. The maximum atomic E-state index is 12.3. The quantitative estimate of drug-likeness (QED) is 0.722. The molecule has 7 nitrogen and oxygen atoms in total. The van der Waals surface area contributed by atoms with Crippen LogP contribution in [0.2, 0.25) is 0 Å². The van der Waals surface area contributed by atoms with E-state index in [4.69, 9.17) is 5.11 Å². The van der Waals surface area contributed by atoms with Gasteiger partial charge in [0.15, 0.2) is 0 Å². The first-order chi connectivity index (χ1) is 9.47. The van der Waals surface area contributed by atoms with Gasteiger partial charge in [0.05, 0.1) is 12.3 Å². The first kappa shape index (κ1) is 14.8. The minimum Gasteiger partial charge on any atom is -0.481 e.